The lowest BCUT2D eigenvalue weighted by Gasteiger charge is -2.33. The molecule has 7 nitrogen and oxygen atoms in total. The summed E-state index contributed by atoms with van der Waals surface area (Å²) in [6.07, 6.45) is 6.61. The maximum atomic E-state index is 13.4. The first-order valence-electron chi connectivity index (χ1n) is 10.6. The third-order valence-corrected chi connectivity index (χ3v) is 7.49. The molecule has 1 aliphatic carbocycles. The summed E-state index contributed by atoms with van der Waals surface area (Å²) in [7, 11) is -3.78. The minimum absolute atomic E-state index is 0.0322. The molecule has 1 amide bonds. The molecule has 0 aromatic heterocycles. The van der Waals surface area contributed by atoms with Gasteiger partial charge in [0.25, 0.3) is 0 Å². The summed E-state index contributed by atoms with van der Waals surface area (Å²) < 4.78 is 39.1. The highest BCUT2D eigenvalue weighted by Crippen LogP contribution is 2.28. The number of nitrogens with one attached hydrogen (secondary N) is 1. The molecule has 1 saturated carbocycles. The maximum absolute atomic E-state index is 13.4. The van der Waals surface area contributed by atoms with Crippen LogP contribution in [0.4, 0.5) is 0 Å². The van der Waals surface area contributed by atoms with Crippen molar-refractivity contribution in [2.24, 2.45) is 0 Å². The topological polar surface area (TPSA) is 84.9 Å². The Labute approximate surface area is 173 Å². The second-order valence-corrected chi connectivity index (χ2v) is 9.58. The molecule has 1 N–H and O–H groups in total. The molecular formula is C21H32N2O5S. The highest BCUT2D eigenvalue weighted by molar-refractivity contribution is 7.89. The van der Waals surface area contributed by atoms with Crippen LogP contribution in [0.1, 0.15) is 51.9 Å². The second kappa shape index (κ2) is 10.4. The molecule has 3 rings (SSSR count). The summed E-state index contributed by atoms with van der Waals surface area (Å²) in [5.41, 5.74) is 0. The van der Waals surface area contributed by atoms with Crippen molar-refractivity contribution in [1.29, 1.82) is 0 Å². The van der Waals surface area contributed by atoms with Crippen molar-refractivity contribution in [2.75, 3.05) is 26.3 Å². The van der Waals surface area contributed by atoms with Gasteiger partial charge in [0, 0.05) is 19.2 Å². The molecule has 2 fully saturated rings. The van der Waals surface area contributed by atoms with Gasteiger partial charge >= 0.3 is 0 Å². The van der Waals surface area contributed by atoms with E-state index in [1.165, 1.54) is 4.31 Å². The smallest absolute Gasteiger partial charge is 0.243 e. The highest BCUT2D eigenvalue weighted by atomic mass is 32.2. The fraction of sp³-hybridized carbons (Fsp3) is 0.667. The zero-order chi connectivity index (χ0) is 20.7. The van der Waals surface area contributed by atoms with Crippen molar-refractivity contribution in [2.45, 2.75) is 68.9 Å². The van der Waals surface area contributed by atoms with Crippen LogP contribution in [-0.4, -0.2) is 57.1 Å². The lowest BCUT2D eigenvalue weighted by atomic mass is 9.95. The molecule has 29 heavy (non-hydrogen) atoms. The third kappa shape index (κ3) is 5.93. The molecule has 1 aliphatic heterocycles. The molecule has 1 unspecified atom stereocenters. The summed E-state index contributed by atoms with van der Waals surface area (Å²) in [5, 5.41) is 2.85. The van der Waals surface area contributed by atoms with Crippen LogP contribution in [0.15, 0.2) is 29.2 Å². The van der Waals surface area contributed by atoms with Crippen molar-refractivity contribution in [3.8, 4) is 5.75 Å². The highest BCUT2D eigenvalue weighted by Gasteiger charge is 2.34. The molecule has 1 atom stereocenters. The minimum Gasteiger partial charge on any atom is -0.494 e. The van der Waals surface area contributed by atoms with Gasteiger partial charge in [-0.3, -0.25) is 4.79 Å². The third-order valence-electron chi connectivity index (χ3n) is 5.57. The zero-order valence-corrected chi connectivity index (χ0v) is 18.0. The first-order chi connectivity index (χ1) is 14.0. The molecule has 0 bridgehead atoms. The van der Waals surface area contributed by atoms with E-state index in [-0.39, 0.29) is 29.5 Å². The van der Waals surface area contributed by atoms with Gasteiger partial charge in [-0.2, -0.15) is 4.31 Å². The summed E-state index contributed by atoms with van der Waals surface area (Å²) >= 11 is 0. The normalized spacial score (nSPS) is 20.7. The largest absolute Gasteiger partial charge is 0.494 e. The van der Waals surface area contributed by atoms with E-state index in [4.69, 9.17) is 9.47 Å². The van der Waals surface area contributed by atoms with Crippen LogP contribution in [0.3, 0.4) is 0 Å². The number of hydrogen-bond donors (Lipinski definition) is 1. The molecule has 0 radical (unpaired) electrons. The fourth-order valence-corrected chi connectivity index (χ4v) is 5.66. The van der Waals surface area contributed by atoms with E-state index in [0.29, 0.717) is 18.9 Å². The van der Waals surface area contributed by atoms with Gasteiger partial charge in [0.15, 0.2) is 0 Å². The van der Waals surface area contributed by atoms with Crippen molar-refractivity contribution < 1.29 is 22.7 Å². The number of hydrogen-bond acceptors (Lipinski definition) is 5. The Kier molecular flexibility index (Phi) is 7.91. The summed E-state index contributed by atoms with van der Waals surface area (Å²) in [6, 6.07) is 6.29. The Morgan fingerprint density at radius 1 is 1.14 bits per heavy atom. The molecule has 8 heteroatoms. The van der Waals surface area contributed by atoms with Crippen LogP contribution in [0.2, 0.25) is 0 Å². The van der Waals surface area contributed by atoms with Gasteiger partial charge in [-0.1, -0.05) is 19.3 Å². The Morgan fingerprint density at radius 3 is 2.48 bits per heavy atom. The van der Waals surface area contributed by atoms with E-state index < -0.39 is 10.0 Å². The van der Waals surface area contributed by atoms with Crippen LogP contribution in [-0.2, 0) is 19.6 Å². The average Bonchev–Trinajstić information content (AvgIpc) is 3.25. The Bertz CT molecular complexity index is 754. The molecule has 1 saturated heterocycles. The molecule has 2 aliphatic rings. The first kappa shape index (κ1) is 22.1. The van der Waals surface area contributed by atoms with Crippen LogP contribution < -0.4 is 10.1 Å². The van der Waals surface area contributed by atoms with Crippen molar-refractivity contribution >= 4 is 15.9 Å². The average molecular weight is 425 g/mol. The standard InChI is InChI=1S/C21H32N2O5S/c1-2-27-18-10-12-20(13-11-18)29(25,26)23(17-7-4-3-5-8-17)16-21(24)22-15-19-9-6-14-28-19/h10-13,17,19H,2-9,14-16H2,1H3,(H,22,24). The van der Waals surface area contributed by atoms with E-state index in [2.05, 4.69) is 5.32 Å². The van der Waals surface area contributed by atoms with E-state index in [1.807, 2.05) is 6.92 Å². The SMILES string of the molecule is CCOc1ccc(S(=O)(=O)N(CC(=O)NCC2CCCO2)C2CCCCC2)cc1. The fourth-order valence-electron chi connectivity index (χ4n) is 4.02. The number of ether oxygens (including phenoxy) is 2. The summed E-state index contributed by atoms with van der Waals surface area (Å²) in [5.74, 6) is 0.352. The minimum atomic E-state index is -3.78. The molecule has 0 spiro atoms. The van der Waals surface area contributed by atoms with Crippen LogP contribution in [0.25, 0.3) is 0 Å². The van der Waals surface area contributed by atoms with E-state index >= 15 is 0 Å². The van der Waals surface area contributed by atoms with Crippen molar-refractivity contribution in [3.05, 3.63) is 24.3 Å². The van der Waals surface area contributed by atoms with Crippen LogP contribution >= 0.6 is 0 Å². The van der Waals surface area contributed by atoms with Crippen LogP contribution in [0.5, 0.6) is 5.75 Å². The van der Waals surface area contributed by atoms with Gasteiger partial charge < -0.3 is 14.8 Å². The van der Waals surface area contributed by atoms with Crippen molar-refractivity contribution in [1.82, 2.24) is 9.62 Å². The maximum Gasteiger partial charge on any atom is 0.243 e. The van der Waals surface area contributed by atoms with Gasteiger partial charge in [0.1, 0.15) is 5.75 Å². The molecule has 1 heterocycles. The quantitative estimate of drug-likeness (QED) is 0.659. The van der Waals surface area contributed by atoms with Gasteiger partial charge in [-0.05, 0) is 56.9 Å². The predicted octanol–water partition coefficient (Wildman–Crippen LogP) is 2.70. The number of sulfonamides is 1. The van der Waals surface area contributed by atoms with Crippen molar-refractivity contribution in [3.63, 3.8) is 0 Å². The number of rotatable bonds is 9. The molecular weight excluding hydrogens is 392 g/mol. The lowest BCUT2D eigenvalue weighted by molar-refractivity contribution is -0.122. The van der Waals surface area contributed by atoms with Gasteiger partial charge in [0.2, 0.25) is 15.9 Å². The first-order valence-corrected chi connectivity index (χ1v) is 12.1. The number of nitrogens with zero attached hydrogens (tertiary/aromatic N) is 1. The number of carbonyl (C=O) groups excluding carboxylic acids is 1. The molecule has 162 valence electrons. The number of benzene rings is 1. The summed E-state index contributed by atoms with van der Waals surface area (Å²) in [4.78, 5) is 12.8. The zero-order valence-electron chi connectivity index (χ0n) is 17.1. The van der Waals surface area contributed by atoms with Gasteiger partial charge in [-0.15, -0.1) is 0 Å². The lowest BCUT2D eigenvalue weighted by Crippen LogP contribution is -2.47. The second-order valence-electron chi connectivity index (χ2n) is 7.69. The number of amides is 1. The Morgan fingerprint density at radius 2 is 1.86 bits per heavy atom. The van der Waals surface area contributed by atoms with E-state index in [9.17, 15) is 13.2 Å². The monoisotopic (exact) mass is 424 g/mol. The molecule has 1 aromatic rings. The number of carbonyl (C=O) groups is 1. The Balaban J connectivity index is 1.73. The summed E-state index contributed by atoms with van der Waals surface area (Å²) in [6.45, 7) is 3.39. The van der Waals surface area contributed by atoms with Gasteiger partial charge in [-0.25, -0.2) is 8.42 Å². The molecule has 1 aromatic carbocycles. The van der Waals surface area contributed by atoms with Gasteiger partial charge in [0.05, 0.1) is 24.2 Å². The Hall–Kier alpha value is -1.64. The predicted molar refractivity (Wildman–Crippen MR) is 110 cm³/mol. The van der Waals surface area contributed by atoms with E-state index in [0.717, 1.165) is 51.6 Å². The van der Waals surface area contributed by atoms with E-state index in [1.54, 1.807) is 24.3 Å². The van der Waals surface area contributed by atoms with Crippen LogP contribution in [0, 0.1) is 0 Å².